The lowest BCUT2D eigenvalue weighted by atomic mass is 10.2. The van der Waals surface area contributed by atoms with Crippen molar-refractivity contribution in [2.75, 3.05) is 0 Å². The monoisotopic (exact) mass is 272 g/mol. The molecule has 3 rings (SSSR count). The maximum atomic E-state index is 13.7. The smallest absolute Gasteiger partial charge is 0.261 e. The third kappa shape index (κ3) is 2.20. The van der Waals surface area contributed by atoms with Gasteiger partial charge >= 0.3 is 0 Å². The van der Waals surface area contributed by atoms with Gasteiger partial charge in [-0.2, -0.15) is 4.98 Å². The second-order valence-electron chi connectivity index (χ2n) is 4.08. The van der Waals surface area contributed by atoms with Crippen LogP contribution in [0.25, 0.3) is 23.0 Å². The van der Waals surface area contributed by atoms with Gasteiger partial charge in [-0.3, -0.25) is 0 Å². The molecule has 0 amide bonds. The standard InChI is InChI=1S/C13H9FN4O2/c1-7-15-5-4-11(16-7)12-17-13(20-18-12)9-3-2-8(19)6-10(9)14/h2-6,19H,1H3. The van der Waals surface area contributed by atoms with E-state index in [-0.39, 0.29) is 23.0 Å². The Bertz CT molecular complexity index is 773. The first kappa shape index (κ1) is 12.2. The number of aryl methyl sites for hydroxylation is 1. The van der Waals surface area contributed by atoms with Gasteiger partial charge in [0.25, 0.3) is 5.89 Å². The first-order chi connectivity index (χ1) is 9.63. The predicted molar refractivity (Wildman–Crippen MR) is 67.1 cm³/mol. The van der Waals surface area contributed by atoms with Crippen LogP contribution in [0, 0.1) is 12.7 Å². The van der Waals surface area contributed by atoms with Crippen molar-refractivity contribution in [3.8, 4) is 28.7 Å². The summed E-state index contributed by atoms with van der Waals surface area (Å²) in [6.45, 7) is 1.74. The fourth-order valence-corrected chi connectivity index (χ4v) is 1.70. The normalized spacial score (nSPS) is 10.7. The Morgan fingerprint density at radius 1 is 1.20 bits per heavy atom. The van der Waals surface area contributed by atoms with Crippen LogP contribution in [0.4, 0.5) is 4.39 Å². The SMILES string of the molecule is Cc1nccc(-c2noc(-c3ccc(O)cc3F)n2)n1. The lowest BCUT2D eigenvalue weighted by Gasteiger charge is -1.97. The Labute approximate surface area is 112 Å². The molecule has 3 aromatic rings. The fraction of sp³-hybridized carbons (Fsp3) is 0.0769. The van der Waals surface area contributed by atoms with Gasteiger partial charge < -0.3 is 9.63 Å². The number of rotatable bonds is 2. The number of halogens is 1. The summed E-state index contributed by atoms with van der Waals surface area (Å²) in [6, 6.07) is 5.33. The van der Waals surface area contributed by atoms with Crippen LogP contribution in [0.15, 0.2) is 35.0 Å². The van der Waals surface area contributed by atoms with E-state index in [1.165, 1.54) is 12.1 Å². The summed E-state index contributed by atoms with van der Waals surface area (Å²) >= 11 is 0. The zero-order valence-corrected chi connectivity index (χ0v) is 10.4. The summed E-state index contributed by atoms with van der Waals surface area (Å²) in [6.07, 6.45) is 1.58. The van der Waals surface area contributed by atoms with Crippen LogP contribution in [0.1, 0.15) is 5.82 Å². The third-order valence-corrected chi connectivity index (χ3v) is 2.61. The molecule has 0 aliphatic heterocycles. The van der Waals surface area contributed by atoms with E-state index in [1.807, 2.05) is 0 Å². The van der Waals surface area contributed by atoms with Crippen molar-refractivity contribution in [2.24, 2.45) is 0 Å². The van der Waals surface area contributed by atoms with Gasteiger partial charge in [-0.25, -0.2) is 14.4 Å². The Morgan fingerprint density at radius 2 is 2.05 bits per heavy atom. The van der Waals surface area contributed by atoms with E-state index in [2.05, 4.69) is 20.1 Å². The largest absolute Gasteiger partial charge is 0.508 e. The Balaban J connectivity index is 2.02. The number of benzene rings is 1. The van der Waals surface area contributed by atoms with Crippen LogP contribution in [0.3, 0.4) is 0 Å². The summed E-state index contributed by atoms with van der Waals surface area (Å²) in [5.74, 6) is 0.0351. The number of aromatic hydroxyl groups is 1. The highest BCUT2D eigenvalue weighted by Crippen LogP contribution is 2.26. The number of phenols is 1. The zero-order chi connectivity index (χ0) is 14.1. The summed E-state index contributed by atoms with van der Waals surface area (Å²) in [7, 11) is 0. The lowest BCUT2D eigenvalue weighted by Crippen LogP contribution is -1.91. The van der Waals surface area contributed by atoms with Gasteiger partial charge in [0, 0.05) is 12.3 Å². The Hall–Kier alpha value is -2.83. The van der Waals surface area contributed by atoms with Crippen LogP contribution in [0.2, 0.25) is 0 Å². The molecule has 2 aromatic heterocycles. The van der Waals surface area contributed by atoms with E-state index in [1.54, 1.807) is 19.2 Å². The van der Waals surface area contributed by atoms with Gasteiger partial charge in [-0.1, -0.05) is 5.16 Å². The highest BCUT2D eigenvalue weighted by Gasteiger charge is 2.15. The topological polar surface area (TPSA) is 84.9 Å². The minimum atomic E-state index is -0.640. The average molecular weight is 272 g/mol. The summed E-state index contributed by atoms with van der Waals surface area (Å²) < 4.78 is 18.7. The highest BCUT2D eigenvalue weighted by atomic mass is 19.1. The van der Waals surface area contributed by atoms with E-state index in [4.69, 9.17) is 4.52 Å². The van der Waals surface area contributed by atoms with Gasteiger partial charge in [0.15, 0.2) is 0 Å². The number of nitrogens with zero attached hydrogens (tertiary/aromatic N) is 4. The molecule has 0 atom stereocenters. The molecule has 7 heteroatoms. The minimum absolute atomic E-state index is 0.0220. The summed E-state index contributed by atoms with van der Waals surface area (Å²) in [4.78, 5) is 12.2. The van der Waals surface area contributed by atoms with Crippen LogP contribution in [-0.2, 0) is 0 Å². The molecule has 6 nitrogen and oxygen atoms in total. The van der Waals surface area contributed by atoms with E-state index < -0.39 is 5.82 Å². The maximum Gasteiger partial charge on any atom is 0.261 e. The lowest BCUT2D eigenvalue weighted by molar-refractivity contribution is 0.428. The van der Waals surface area contributed by atoms with Crippen LogP contribution >= 0.6 is 0 Å². The Morgan fingerprint density at radius 3 is 2.80 bits per heavy atom. The molecule has 0 radical (unpaired) electrons. The van der Waals surface area contributed by atoms with Gasteiger partial charge in [0.05, 0.1) is 5.56 Å². The van der Waals surface area contributed by atoms with Crippen LogP contribution in [-0.4, -0.2) is 25.2 Å². The molecule has 1 N–H and O–H groups in total. The molecule has 0 fully saturated rings. The fourth-order valence-electron chi connectivity index (χ4n) is 1.70. The molecule has 100 valence electrons. The van der Waals surface area contributed by atoms with Gasteiger partial charge in [0.1, 0.15) is 23.1 Å². The Kier molecular flexibility index (Phi) is 2.86. The van der Waals surface area contributed by atoms with E-state index in [0.717, 1.165) is 6.07 Å². The molecule has 0 unspecified atom stereocenters. The second kappa shape index (κ2) is 4.69. The van der Waals surface area contributed by atoms with Crippen molar-refractivity contribution in [1.82, 2.24) is 20.1 Å². The molecule has 0 saturated heterocycles. The average Bonchev–Trinajstić information content (AvgIpc) is 2.88. The van der Waals surface area contributed by atoms with E-state index in [9.17, 15) is 9.50 Å². The third-order valence-electron chi connectivity index (χ3n) is 2.61. The predicted octanol–water partition coefficient (Wildman–Crippen LogP) is 2.35. The van der Waals surface area contributed by atoms with Crippen molar-refractivity contribution in [1.29, 1.82) is 0 Å². The van der Waals surface area contributed by atoms with Crippen molar-refractivity contribution < 1.29 is 14.0 Å². The number of phenolic OH excluding ortho intramolecular Hbond substituents is 1. The van der Waals surface area contributed by atoms with Crippen molar-refractivity contribution in [2.45, 2.75) is 6.92 Å². The maximum absolute atomic E-state index is 13.7. The van der Waals surface area contributed by atoms with Crippen molar-refractivity contribution in [3.05, 3.63) is 42.1 Å². The molecule has 0 aliphatic rings. The molecular weight excluding hydrogens is 263 g/mol. The molecule has 20 heavy (non-hydrogen) atoms. The highest BCUT2D eigenvalue weighted by molar-refractivity contribution is 5.58. The molecular formula is C13H9FN4O2. The first-order valence-corrected chi connectivity index (χ1v) is 5.76. The molecule has 1 aromatic carbocycles. The molecule has 0 aliphatic carbocycles. The molecule has 2 heterocycles. The van der Waals surface area contributed by atoms with E-state index >= 15 is 0 Å². The summed E-state index contributed by atoms with van der Waals surface area (Å²) in [5, 5.41) is 12.9. The van der Waals surface area contributed by atoms with Gasteiger partial charge in [-0.15, -0.1) is 0 Å². The first-order valence-electron chi connectivity index (χ1n) is 5.76. The molecule has 0 bridgehead atoms. The van der Waals surface area contributed by atoms with Crippen LogP contribution < -0.4 is 0 Å². The van der Waals surface area contributed by atoms with Gasteiger partial charge in [-0.05, 0) is 25.1 Å². The van der Waals surface area contributed by atoms with Crippen LogP contribution in [0.5, 0.6) is 5.75 Å². The second-order valence-corrected chi connectivity index (χ2v) is 4.08. The van der Waals surface area contributed by atoms with Crippen molar-refractivity contribution >= 4 is 0 Å². The minimum Gasteiger partial charge on any atom is -0.508 e. The number of aromatic nitrogens is 4. The number of hydrogen-bond acceptors (Lipinski definition) is 6. The number of hydrogen-bond donors (Lipinski definition) is 1. The quantitative estimate of drug-likeness (QED) is 0.770. The summed E-state index contributed by atoms with van der Waals surface area (Å²) in [5.41, 5.74) is 0.610. The zero-order valence-electron chi connectivity index (χ0n) is 10.4. The molecule has 0 saturated carbocycles. The van der Waals surface area contributed by atoms with Gasteiger partial charge in [0.2, 0.25) is 5.82 Å². The van der Waals surface area contributed by atoms with E-state index in [0.29, 0.717) is 11.5 Å². The molecule has 0 spiro atoms. The van der Waals surface area contributed by atoms with Crippen molar-refractivity contribution in [3.63, 3.8) is 0 Å².